The Morgan fingerprint density at radius 3 is 2.60 bits per heavy atom. The molecular weight excluding hydrogens is 327 g/mol. The Bertz CT molecular complexity index is 617. The minimum Gasteiger partial charge on any atom is -0.484 e. The van der Waals surface area contributed by atoms with Gasteiger partial charge in [-0.15, -0.1) is 0 Å². The molecule has 0 aliphatic carbocycles. The second-order valence-corrected chi connectivity index (χ2v) is 4.89. The summed E-state index contributed by atoms with van der Waals surface area (Å²) in [6, 6.07) is 11.0. The van der Waals surface area contributed by atoms with Gasteiger partial charge in [0.2, 0.25) is 0 Å². The van der Waals surface area contributed by atoms with Gasteiger partial charge in [0.05, 0.1) is 4.47 Å². The largest absolute Gasteiger partial charge is 0.484 e. The average Bonchev–Trinajstić information content (AvgIpc) is 2.42. The van der Waals surface area contributed by atoms with E-state index in [4.69, 9.17) is 10.5 Å². The fourth-order valence-electron chi connectivity index (χ4n) is 1.48. The first kappa shape index (κ1) is 14.3. The van der Waals surface area contributed by atoms with Crippen molar-refractivity contribution in [2.24, 2.45) is 0 Å². The zero-order chi connectivity index (χ0) is 14.5. The summed E-state index contributed by atoms with van der Waals surface area (Å²) in [5.74, 6) is -0.276. The fourth-order valence-corrected chi connectivity index (χ4v) is 1.73. The molecule has 20 heavy (non-hydrogen) atoms. The molecule has 1 amide bonds. The molecule has 2 aromatic carbocycles. The van der Waals surface area contributed by atoms with E-state index in [9.17, 15) is 9.18 Å². The lowest BCUT2D eigenvalue weighted by atomic mass is 10.3. The summed E-state index contributed by atoms with van der Waals surface area (Å²) in [5.41, 5.74) is 6.53. The molecule has 4 nitrogen and oxygen atoms in total. The quantitative estimate of drug-likeness (QED) is 0.841. The van der Waals surface area contributed by atoms with Crippen molar-refractivity contribution in [2.75, 3.05) is 17.7 Å². The Morgan fingerprint density at radius 1 is 1.25 bits per heavy atom. The molecule has 3 N–H and O–H groups in total. The number of hydrogen-bond acceptors (Lipinski definition) is 3. The van der Waals surface area contributed by atoms with Gasteiger partial charge in [-0.1, -0.05) is 0 Å². The van der Waals surface area contributed by atoms with Crippen LogP contribution >= 0.6 is 15.9 Å². The Balaban J connectivity index is 1.89. The van der Waals surface area contributed by atoms with Crippen molar-refractivity contribution in [3.8, 4) is 5.75 Å². The van der Waals surface area contributed by atoms with Gasteiger partial charge in [0.1, 0.15) is 11.6 Å². The van der Waals surface area contributed by atoms with Crippen LogP contribution in [0.15, 0.2) is 46.9 Å². The maximum atomic E-state index is 13.3. The first-order valence-corrected chi connectivity index (χ1v) is 6.57. The monoisotopic (exact) mass is 338 g/mol. The highest BCUT2D eigenvalue weighted by Crippen LogP contribution is 2.19. The molecule has 2 aromatic rings. The summed E-state index contributed by atoms with van der Waals surface area (Å²) in [5, 5.41) is 2.54. The maximum absolute atomic E-state index is 13.3. The number of halogens is 2. The van der Waals surface area contributed by atoms with E-state index in [1.165, 1.54) is 12.1 Å². The standard InChI is InChI=1S/C14H12BrFN2O2/c15-12-6-3-10(7-13(12)16)18-14(19)8-20-11-4-1-9(17)2-5-11/h1-7H,8,17H2,(H,18,19). The molecule has 0 heterocycles. The zero-order valence-corrected chi connectivity index (χ0v) is 12.0. The van der Waals surface area contributed by atoms with Crippen molar-refractivity contribution in [2.45, 2.75) is 0 Å². The van der Waals surface area contributed by atoms with Crippen molar-refractivity contribution in [3.63, 3.8) is 0 Å². The highest BCUT2D eigenvalue weighted by Gasteiger charge is 2.06. The third-order valence-corrected chi connectivity index (χ3v) is 3.10. The molecule has 0 aromatic heterocycles. The number of hydrogen-bond donors (Lipinski definition) is 2. The molecule has 0 radical (unpaired) electrons. The lowest BCUT2D eigenvalue weighted by molar-refractivity contribution is -0.118. The number of nitrogens with one attached hydrogen (secondary N) is 1. The molecule has 0 saturated heterocycles. The number of nitrogen functional groups attached to an aromatic ring is 1. The van der Waals surface area contributed by atoms with Gasteiger partial charge >= 0.3 is 0 Å². The van der Waals surface area contributed by atoms with Crippen LogP contribution in [0.3, 0.4) is 0 Å². The Morgan fingerprint density at radius 2 is 1.95 bits per heavy atom. The first-order valence-electron chi connectivity index (χ1n) is 5.78. The highest BCUT2D eigenvalue weighted by molar-refractivity contribution is 9.10. The van der Waals surface area contributed by atoms with Crippen LogP contribution in [0.2, 0.25) is 0 Å². The number of rotatable bonds is 4. The molecule has 0 aliphatic rings. The van der Waals surface area contributed by atoms with Gasteiger partial charge in [0.15, 0.2) is 6.61 Å². The summed E-state index contributed by atoms with van der Waals surface area (Å²) >= 11 is 3.04. The van der Waals surface area contributed by atoms with Gasteiger partial charge in [0, 0.05) is 11.4 Å². The molecule has 0 aliphatic heterocycles. The Hall–Kier alpha value is -2.08. The second kappa shape index (κ2) is 6.38. The SMILES string of the molecule is Nc1ccc(OCC(=O)Nc2ccc(Br)c(F)c2)cc1. The predicted molar refractivity (Wildman–Crippen MR) is 79.1 cm³/mol. The number of ether oxygens (including phenoxy) is 1. The summed E-state index contributed by atoms with van der Waals surface area (Å²) in [6.07, 6.45) is 0. The average molecular weight is 339 g/mol. The van der Waals surface area contributed by atoms with Crippen molar-refractivity contribution in [1.29, 1.82) is 0 Å². The molecule has 0 saturated carbocycles. The van der Waals surface area contributed by atoms with Crippen LogP contribution in [-0.2, 0) is 4.79 Å². The number of carbonyl (C=O) groups is 1. The summed E-state index contributed by atoms with van der Waals surface area (Å²) in [7, 11) is 0. The number of carbonyl (C=O) groups excluding carboxylic acids is 1. The van der Waals surface area contributed by atoms with Crippen molar-refractivity contribution in [3.05, 3.63) is 52.8 Å². The van der Waals surface area contributed by atoms with Gasteiger partial charge in [-0.05, 0) is 58.4 Å². The molecule has 2 rings (SSSR count). The lowest BCUT2D eigenvalue weighted by Crippen LogP contribution is -2.20. The third kappa shape index (κ3) is 3.96. The molecular formula is C14H12BrFN2O2. The van der Waals surface area contributed by atoms with Gasteiger partial charge < -0.3 is 15.8 Å². The normalized spacial score (nSPS) is 10.1. The molecule has 104 valence electrons. The van der Waals surface area contributed by atoms with E-state index in [1.54, 1.807) is 30.3 Å². The number of benzene rings is 2. The van der Waals surface area contributed by atoms with Crippen LogP contribution in [0, 0.1) is 5.82 Å². The molecule has 0 unspecified atom stereocenters. The van der Waals surface area contributed by atoms with E-state index in [1.807, 2.05) is 0 Å². The summed E-state index contributed by atoms with van der Waals surface area (Å²) in [4.78, 5) is 11.7. The predicted octanol–water partition coefficient (Wildman–Crippen LogP) is 3.19. The van der Waals surface area contributed by atoms with Crippen molar-refractivity contribution >= 4 is 33.2 Å². The van der Waals surface area contributed by atoms with Gasteiger partial charge in [-0.3, -0.25) is 4.79 Å². The number of anilines is 2. The molecule has 0 spiro atoms. The van der Waals surface area contributed by atoms with Gasteiger partial charge in [-0.2, -0.15) is 0 Å². The minimum absolute atomic E-state index is 0.165. The van der Waals surface area contributed by atoms with Crippen LogP contribution < -0.4 is 15.8 Å². The minimum atomic E-state index is -0.442. The topological polar surface area (TPSA) is 64.3 Å². The highest BCUT2D eigenvalue weighted by atomic mass is 79.9. The summed E-state index contributed by atoms with van der Waals surface area (Å²) < 4.78 is 18.9. The van der Waals surface area contributed by atoms with Gasteiger partial charge in [-0.25, -0.2) is 4.39 Å². The molecule has 6 heteroatoms. The molecule has 0 atom stereocenters. The van der Waals surface area contributed by atoms with E-state index >= 15 is 0 Å². The third-order valence-electron chi connectivity index (χ3n) is 2.45. The maximum Gasteiger partial charge on any atom is 0.262 e. The lowest BCUT2D eigenvalue weighted by Gasteiger charge is -2.08. The van der Waals surface area contributed by atoms with Crippen LogP contribution in [0.4, 0.5) is 15.8 Å². The van der Waals surface area contributed by atoms with E-state index < -0.39 is 5.82 Å². The van der Waals surface area contributed by atoms with Crippen LogP contribution in [-0.4, -0.2) is 12.5 Å². The van der Waals surface area contributed by atoms with E-state index in [0.29, 0.717) is 21.6 Å². The Kier molecular flexibility index (Phi) is 4.57. The molecule has 0 fully saturated rings. The van der Waals surface area contributed by atoms with Crippen molar-refractivity contribution < 1.29 is 13.9 Å². The molecule has 0 bridgehead atoms. The zero-order valence-electron chi connectivity index (χ0n) is 10.4. The van der Waals surface area contributed by atoms with Crippen LogP contribution in [0.1, 0.15) is 0 Å². The second-order valence-electron chi connectivity index (χ2n) is 4.03. The van der Waals surface area contributed by atoms with Crippen LogP contribution in [0.5, 0.6) is 5.75 Å². The van der Waals surface area contributed by atoms with E-state index in [2.05, 4.69) is 21.2 Å². The number of amides is 1. The van der Waals surface area contributed by atoms with Crippen molar-refractivity contribution in [1.82, 2.24) is 0 Å². The smallest absolute Gasteiger partial charge is 0.262 e. The number of nitrogens with two attached hydrogens (primary N) is 1. The van der Waals surface area contributed by atoms with E-state index in [0.717, 1.165) is 0 Å². The Labute approximate surface area is 123 Å². The summed E-state index contributed by atoms with van der Waals surface area (Å²) in [6.45, 7) is -0.165. The van der Waals surface area contributed by atoms with E-state index in [-0.39, 0.29) is 12.5 Å². The van der Waals surface area contributed by atoms with Gasteiger partial charge in [0.25, 0.3) is 5.91 Å². The van der Waals surface area contributed by atoms with Crippen LogP contribution in [0.25, 0.3) is 0 Å². The fraction of sp³-hybridized carbons (Fsp3) is 0.0714. The first-order chi connectivity index (χ1) is 9.54.